The summed E-state index contributed by atoms with van der Waals surface area (Å²) in [5.41, 5.74) is 2.38. The van der Waals surface area contributed by atoms with Crippen LogP contribution in [0.25, 0.3) is 0 Å². The quantitative estimate of drug-likeness (QED) is 0.553. The zero-order valence-electron chi connectivity index (χ0n) is 16.3. The van der Waals surface area contributed by atoms with Crippen LogP contribution in [0.2, 0.25) is 0 Å². The van der Waals surface area contributed by atoms with Gasteiger partial charge in [0.2, 0.25) is 0 Å². The Hall–Kier alpha value is -2.31. The van der Waals surface area contributed by atoms with Crippen molar-refractivity contribution in [1.82, 2.24) is 15.5 Å². The molecule has 1 aliphatic heterocycles. The normalized spacial score (nSPS) is 16.4. The lowest BCUT2D eigenvalue weighted by Crippen LogP contribution is -2.42. The van der Waals surface area contributed by atoms with E-state index in [9.17, 15) is 0 Å². The Morgan fingerprint density at radius 3 is 2.70 bits per heavy atom. The smallest absolute Gasteiger partial charge is 0.191 e. The summed E-state index contributed by atoms with van der Waals surface area (Å²) in [5, 5.41) is 6.85. The first-order valence-electron chi connectivity index (χ1n) is 9.59. The molecule has 1 aromatic carbocycles. The maximum atomic E-state index is 5.69. The van der Waals surface area contributed by atoms with E-state index in [4.69, 9.17) is 9.15 Å². The predicted octanol–water partition coefficient (Wildman–Crippen LogP) is 2.93. The Bertz CT molecular complexity index is 709. The average molecular weight is 370 g/mol. The molecule has 2 heterocycles. The van der Waals surface area contributed by atoms with Gasteiger partial charge in [-0.25, -0.2) is 0 Å². The van der Waals surface area contributed by atoms with Gasteiger partial charge in [0.25, 0.3) is 0 Å². The summed E-state index contributed by atoms with van der Waals surface area (Å²) in [7, 11) is 3.51. The molecule has 0 radical (unpaired) electrons. The minimum absolute atomic E-state index is 0.228. The van der Waals surface area contributed by atoms with E-state index in [1.807, 2.05) is 6.07 Å². The van der Waals surface area contributed by atoms with Crippen molar-refractivity contribution in [2.45, 2.75) is 32.0 Å². The molecule has 1 aromatic heterocycles. The summed E-state index contributed by atoms with van der Waals surface area (Å²) in [6.07, 6.45) is 4.25. The second kappa shape index (κ2) is 10.1. The van der Waals surface area contributed by atoms with Gasteiger partial charge in [-0.15, -0.1) is 0 Å². The number of ether oxygens (including phenoxy) is 1. The predicted molar refractivity (Wildman–Crippen MR) is 108 cm³/mol. The van der Waals surface area contributed by atoms with Crippen LogP contribution in [-0.4, -0.2) is 44.7 Å². The highest BCUT2D eigenvalue weighted by Gasteiger charge is 2.25. The molecule has 0 amide bonds. The summed E-state index contributed by atoms with van der Waals surface area (Å²) in [4.78, 5) is 6.84. The van der Waals surface area contributed by atoms with Gasteiger partial charge in [0, 0.05) is 27.2 Å². The molecule has 2 aromatic rings. The molecular weight excluding hydrogens is 340 g/mol. The number of hydrogen-bond acceptors (Lipinski definition) is 4. The van der Waals surface area contributed by atoms with Gasteiger partial charge in [-0.3, -0.25) is 9.89 Å². The van der Waals surface area contributed by atoms with Gasteiger partial charge >= 0.3 is 0 Å². The van der Waals surface area contributed by atoms with Crippen LogP contribution in [0.4, 0.5) is 0 Å². The number of benzene rings is 1. The van der Waals surface area contributed by atoms with Crippen LogP contribution in [0.3, 0.4) is 0 Å². The lowest BCUT2D eigenvalue weighted by atomic mass is 10.1. The first-order valence-corrected chi connectivity index (χ1v) is 9.59. The van der Waals surface area contributed by atoms with Crippen molar-refractivity contribution in [2.75, 3.05) is 33.8 Å². The van der Waals surface area contributed by atoms with E-state index >= 15 is 0 Å². The molecular formula is C21H30N4O2. The Balaban J connectivity index is 1.55. The van der Waals surface area contributed by atoms with Gasteiger partial charge in [-0.1, -0.05) is 24.3 Å². The molecule has 1 unspecified atom stereocenters. The van der Waals surface area contributed by atoms with Crippen LogP contribution >= 0.6 is 0 Å². The summed E-state index contributed by atoms with van der Waals surface area (Å²) < 4.78 is 10.9. The number of methoxy groups -OCH3 is 1. The number of hydrogen-bond donors (Lipinski definition) is 2. The molecule has 146 valence electrons. The SMILES string of the molecule is CN=C(NCc1cccc(COC)c1)NCC(c1ccco1)N1CCCC1. The van der Waals surface area contributed by atoms with Crippen molar-refractivity contribution in [3.05, 3.63) is 59.5 Å². The maximum Gasteiger partial charge on any atom is 0.191 e. The largest absolute Gasteiger partial charge is 0.468 e. The Kier molecular flexibility index (Phi) is 7.30. The molecule has 0 aliphatic carbocycles. The zero-order chi connectivity index (χ0) is 18.9. The van der Waals surface area contributed by atoms with E-state index in [-0.39, 0.29) is 6.04 Å². The summed E-state index contributed by atoms with van der Waals surface area (Å²) >= 11 is 0. The van der Waals surface area contributed by atoms with Gasteiger partial charge in [0.15, 0.2) is 5.96 Å². The number of furan rings is 1. The van der Waals surface area contributed by atoms with E-state index in [2.05, 4.69) is 50.9 Å². The van der Waals surface area contributed by atoms with Gasteiger partial charge in [-0.2, -0.15) is 0 Å². The fraction of sp³-hybridized carbons (Fsp3) is 0.476. The number of nitrogens with zero attached hydrogens (tertiary/aromatic N) is 2. The topological polar surface area (TPSA) is 62.0 Å². The van der Waals surface area contributed by atoms with Gasteiger partial charge in [-0.05, 0) is 49.2 Å². The molecule has 1 atom stereocenters. The highest BCUT2D eigenvalue weighted by molar-refractivity contribution is 5.79. The second-order valence-electron chi connectivity index (χ2n) is 6.83. The molecule has 2 N–H and O–H groups in total. The van der Waals surface area contributed by atoms with Gasteiger partial charge in [0.05, 0.1) is 18.9 Å². The standard InChI is InChI=1S/C21H30N4O2/c1-22-21(23-14-17-7-5-8-18(13-17)16-26-2)24-15-19(20-9-6-12-27-20)25-10-3-4-11-25/h5-9,12-13,19H,3-4,10-11,14-16H2,1-2H3,(H2,22,23,24). The first kappa shape index (κ1) is 19.5. The maximum absolute atomic E-state index is 5.69. The van der Waals surface area contributed by atoms with E-state index in [0.717, 1.165) is 31.4 Å². The fourth-order valence-electron chi connectivity index (χ4n) is 3.54. The number of guanidine groups is 1. The molecule has 27 heavy (non-hydrogen) atoms. The monoisotopic (exact) mass is 370 g/mol. The number of rotatable bonds is 8. The highest BCUT2D eigenvalue weighted by Crippen LogP contribution is 2.24. The van der Waals surface area contributed by atoms with Crippen LogP contribution in [0.1, 0.15) is 35.8 Å². The molecule has 1 aliphatic rings. The molecule has 1 saturated heterocycles. The van der Waals surface area contributed by atoms with Crippen LogP contribution < -0.4 is 10.6 Å². The first-order chi connectivity index (χ1) is 13.3. The van der Waals surface area contributed by atoms with Crippen molar-refractivity contribution in [1.29, 1.82) is 0 Å². The van der Waals surface area contributed by atoms with Crippen molar-refractivity contribution in [3.63, 3.8) is 0 Å². The minimum atomic E-state index is 0.228. The van der Waals surface area contributed by atoms with Crippen molar-refractivity contribution in [2.24, 2.45) is 4.99 Å². The number of nitrogens with one attached hydrogen (secondary N) is 2. The van der Waals surface area contributed by atoms with Crippen molar-refractivity contribution >= 4 is 5.96 Å². The average Bonchev–Trinajstić information content (AvgIpc) is 3.40. The van der Waals surface area contributed by atoms with E-state index in [1.165, 1.54) is 24.0 Å². The Morgan fingerprint density at radius 2 is 2.00 bits per heavy atom. The van der Waals surface area contributed by atoms with Gasteiger partial charge in [0.1, 0.15) is 5.76 Å². The molecule has 0 saturated carbocycles. The summed E-state index contributed by atoms with van der Waals surface area (Å²) in [6, 6.07) is 12.6. The van der Waals surface area contributed by atoms with Crippen LogP contribution in [0.5, 0.6) is 0 Å². The van der Waals surface area contributed by atoms with Gasteiger partial charge < -0.3 is 19.8 Å². The lowest BCUT2D eigenvalue weighted by molar-refractivity contribution is 0.185. The molecule has 1 fully saturated rings. The Morgan fingerprint density at radius 1 is 1.19 bits per heavy atom. The molecule has 0 spiro atoms. The lowest BCUT2D eigenvalue weighted by Gasteiger charge is -2.26. The third-order valence-electron chi connectivity index (χ3n) is 4.90. The van der Waals surface area contributed by atoms with Crippen molar-refractivity contribution in [3.8, 4) is 0 Å². The third-order valence-corrected chi connectivity index (χ3v) is 4.90. The van der Waals surface area contributed by atoms with Crippen LogP contribution in [0.15, 0.2) is 52.1 Å². The minimum Gasteiger partial charge on any atom is -0.468 e. The Labute approximate surface area is 161 Å². The van der Waals surface area contributed by atoms with Crippen LogP contribution in [0, 0.1) is 0 Å². The van der Waals surface area contributed by atoms with E-state index < -0.39 is 0 Å². The highest BCUT2D eigenvalue weighted by atomic mass is 16.5. The fourth-order valence-corrected chi connectivity index (χ4v) is 3.54. The number of aliphatic imine (C=N–C) groups is 1. The second-order valence-corrected chi connectivity index (χ2v) is 6.83. The molecule has 0 bridgehead atoms. The molecule has 6 nitrogen and oxygen atoms in total. The number of likely N-dealkylation sites (tertiary alicyclic amines) is 1. The summed E-state index contributed by atoms with van der Waals surface area (Å²) in [6.45, 7) is 4.33. The summed E-state index contributed by atoms with van der Waals surface area (Å²) in [5.74, 6) is 1.80. The van der Waals surface area contributed by atoms with E-state index in [1.54, 1.807) is 20.4 Å². The third kappa shape index (κ3) is 5.58. The van der Waals surface area contributed by atoms with E-state index in [0.29, 0.717) is 13.2 Å². The molecule has 3 rings (SSSR count). The van der Waals surface area contributed by atoms with Crippen molar-refractivity contribution < 1.29 is 9.15 Å². The molecule has 6 heteroatoms. The van der Waals surface area contributed by atoms with Crippen LogP contribution in [-0.2, 0) is 17.9 Å². The zero-order valence-corrected chi connectivity index (χ0v) is 16.3.